The SMILES string of the molecule is CC1c2ccsc2CCN1C(=O)Cc1ccc(C#N)cc1. The fraction of sp³-hybridized carbons (Fsp3) is 0.294. The maximum Gasteiger partial charge on any atom is 0.227 e. The van der Waals surface area contributed by atoms with Gasteiger partial charge in [-0.3, -0.25) is 4.79 Å². The molecule has 1 unspecified atom stereocenters. The predicted molar refractivity (Wildman–Crippen MR) is 83.0 cm³/mol. The molecule has 0 saturated carbocycles. The first-order chi connectivity index (χ1) is 10.2. The van der Waals surface area contributed by atoms with E-state index >= 15 is 0 Å². The van der Waals surface area contributed by atoms with E-state index in [1.807, 2.05) is 17.0 Å². The molecular weight excluding hydrogens is 280 g/mol. The first kappa shape index (κ1) is 13.8. The normalized spacial score (nSPS) is 17.1. The topological polar surface area (TPSA) is 44.1 Å². The van der Waals surface area contributed by atoms with Gasteiger partial charge in [-0.15, -0.1) is 11.3 Å². The number of nitriles is 1. The zero-order chi connectivity index (χ0) is 14.8. The third-order valence-corrected chi connectivity index (χ3v) is 5.03. The van der Waals surface area contributed by atoms with E-state index in [9.17, 15) is 4.79 Å². The second kappa shape index (κ2) is 5.71. The van der Waals surface area contributed by atoms with Crippen molar-refractivity contribution in [3.63, 3.8) is 0 Å². The van der Waals surface area contributed by atoms with Crippen LogP contribution in [0.1, 0.15) is 34.5 Å². The number of benzene rings is 1. The van der Waals surface area contributed by atoms with E-state index in [2.05, 4.69) is 24.4 Å². The van der Waals surface area contributed by atoms with E-state index in [-0.39, 0.29) is 11.9 Å². The van der Waals surface area contributed by atoms with Crippen LogP contribution in [-0.2, 0) is 17.6 Å². The molecule has 0 aliphatic carbocycles. The molecule has 1 aliphatic rings. The van der Waals surface area contributed by atoms with Crippen molar-refractivity contribution in [3.8, 4) is 6.07 Å². The quantitative estimate of drug-likeness (QED) is 0.853. The van der Waals surface area contributed by atoms with Crippen LogP contribution < -0.4 is 0 Å². The lowest BCUT2D eigenvalue weighted by molar-refractivity contribution is -0.133. The number of fused-ring (bicyclic) bond motifs is 1. The molecule has 0 radical (unpaired) electrons. The van der Waals surface area contributed by atoms with Gasteiger partial charge in [0.2, 0.25) is 5.91 Å². The maximum atomic E-state index is 12.5. The second-order valence-corrected chi connectivity index (χ2v) is 6.30. The van der Waals surface area contributed by atoms with E-state index < -0.39 is 0 Å². The molecule has 1 aromatic heterocycles. The molecule has 0 bridgehead atoms. The third kappa shape index (κ3) is 2.70. The summed E-state index contributed by atoms with van der Waals surface area (Å²) in [4.78, 5) is 15.9. The lowest BCUT2D eigenvalue weighted by Gasteiger charge is -2.33. The summed E-state index contributed by atoms with van der Waals surface area (Å²) in [7, 11) is 0. The summed E-state index contributed by atoms with van der Waals surface area (Å²) in [5.41, 5.74) is 2.88. The Morgan fingerprint density at radius 1 is 1.38 bits per heavy atom. The van der Waals surface area contributed by atoms with Gasteiger partial charge in [-0.2, -0.15) is 5.26 Å². The van der Waals surface area contributed by atoms with Gasteiger partial charge in [0.15, 0.2) is 0 Å². The van der Waals surface area contributed by atoms with Gasteiger partial charge < -0.3 is 4.90 Å². The van der Waals surface area contributed by atoms with Crippen molar-refractivity contribution in [1.82, 2.24) is 4.90 Å². The summed E-state index contributed by atoms with van der Waals surface area (Å²) in [6.07, 6.45) is 1.35. The highest BCUT2D eigenvalue weighted by atomic mass is 32.1. The minimum atomic E-state index is 0.157. The highest BCUT2D eigenvalue weighted by Gasteiger charge is 2.28. The average Bonchev–Trinajstić information content (AvgIpc) is 2.98. The Kier molecular flexibility index (Phi) is 3.76. The molecule has 0 N–H and O–H groups in total. The Morgan fingerprint density at radius 2 is 2.14 bits per heavy atom. The van der Waals surface area contributed by atoms with Gasteiger partial charge >= 0.3 is 0 Å². The molecule has 0 spiro atoms. The lowest BCUT2D eigenvalue weighted by atomic mass is 10.00. The van der Waals surface area contributed by atoms with Crippen LogP contribution >= 0.6 is 11.3 Å². The van der Waals surface area contributed by atoms with Gasteiger partial charge in [0.25, 0.3) is 0 Å². The van der Waals surface area contributed by atoms with Crippen LogP contribution in [0.4, 0.5) is 0 Å². The van der Waals surface area contributed by atoms with Gasteiger partial charge in [0, 0.05) is 11.4 Å². The Balaban J connectivity index is 1.72. The highest BCUT2D eigenvalue weighted by Crippen LogP contribution is 2.33. The van der Waals surface area contributed by atoms with Crippen LogP contribution in [0.15, 0.2) is 35.7 Å². The van der Waals surface area contributed by atoms with Crippen molar-refractivity contribution >= 4 is 17.2 Å². The van der Waals surface area contributed by atoms with E-state index in [0.717, 1.165) is 18.5 Å². The number of hydrogen-bond donors (Lipinski definition) is 0. The van der Waals surface area contributed by atoms with Crippen molar-refractivity contribution < 1.29 is 4.79 Å². The van der Waals surface area contributed by atoms with Crippen molar-refractivity contribution in [2.45, 2.75) is 25.8 Å². The van der Waals surface area contributed by atoms with Crippen molar-refractivity contribution in [1.29, 1.82) is 5.26 Å². The number of amides is 1. The van der Waals surface area contributed by atoms with E-state index in [4.69, 9.17) is 5.26 Å². The first-order valence-electron chi connectivity index (χ1n) is 7.04. The Morgan fingerprint density at radius 3 is 2.86 bits per heavy atom. The summed E-state index contributed by atoms with van der Waals surface area (Å²) >= 11 is 1.78. The van der Waals surface area contributed by atoms with Gasteiger partial charge in [-0.1, -0.05) is 12.1 Å². The lowest BCUT2D eigenvalue weighted by Crippen LogP contribution is -2.39. The molecule has 1 atom stereocenters. The number of hydrogen-bond acceptors (Lipinski definition) is 3. The summed E-state index contributed by atoms with van der Waals surface area (Å²) in [5, 5.41) is 10.9. The largest absolute Gasteiger partial charge is 0.335 e. The van der Waals surface area contributed by atoms with Crippen molar-refractivity contribution in [2.75, 3.05) is 6.54 Å². The molecule has 0 fully saturated rings. The van der Waals surface area contributed by atoms with Gasteiger partial charge in [0.05, 0.1) is 24.1 Å². The number of rotatable bonds is 2. The number of carbonyl (C=O) groups excluding carboxylic acids is 1. The van der Waals surface area contributed by atoms with Gasteiger partial charge in [-0.05, 0) is 48.1 Å². The van der Waals surface area contributed by atoms with E-state index in [1.54, 1.807) is 23.5 Å². The minimum Gasteiger partial charge on any atom is -0.335 e. The molecule has 1 amide bonds. The minimum absolute atomic E-state index is 0.157. The summed E-state index contributed by atoms with van der Waals surface area (Å²) in [5.74, 6) is 0.157. The number of nitrogens with zero attached hydrogens (tertiary/aromatic N) is 2. The summed E-state index contributed by atoms with van der Waals surface area (Å²) in [6.45, 7) is 2.89. The van der Waals surface area contributed by atoms with Gasteiger partial charge in [0.1, 0.15) is 0 Å². The number of thiophene rings is 1. The monoisotopic (exact) mass is 296 g/mol. The molecule has 0 saturated heterocycles. The summed E-state index contributed by atoms with van der Waals surface area (Å²) < 4.78 is 0. The van der Waals surface area contributed by atoms with Crippen LogP contribution in [0.5, 0.6) is 0 Å². The van der Waals surface area contributed by atoms with Crippen LogP contribution in [-0.4, -0.2) is 17.4 Å². The standard InChI is InChI=1S/C17H16N2OS/c1-12-15-7-9-21-16(15)6-8-19(12)17(20)10-13-2-4-14(11-18)5-3-13/h2-5,7,9,12H,6,8,10H2,1H3. The molecule has 4 heteroatoms. The molecule has 2 aromatic rings. The fourth-order valence-corrected chi connectivity index (χ4v) is 3.79. The van der Waals surface area contributed by atoms with Crippen LogP contribution in [0, 0.1) is 11.3 Å². The van der Waals surface area contributed by atoms with Crippen LogP contribution in [0.2, 0.25) is 0 Å². The molecular formula is C17H16N2OS. The fourth-order valence-electron chi connectivity index (χ4n) is 2.82. The Bertz CT molecular complexity index is 696. The van der Waals surface area contributed by atoms with E-state index in [0.29, 0.717) is 12.0 Å². The second-order valence-electron chi connectivity index (χ2n) is 5.30. The molecule has 1 aromatic carbocycles. The predicted octanol–water partition coefficient (Wildman–Crippen LogP) is 3.31. The molecule has 2 heterocycles. The average molecular weight is 296 g/mol. The van der Waals surface area contributed by atoms with Gasteiger partial charge in [-0.25, -0.2) is 0 Å². The van der Waals surface area contributed by atoms with Crippen molar-refractivity contribution in [3.05, 3.63) is 57.3 Å². The smallest absolute Gasteiger partial charge is 0.227 e. The molecule has 1 aliphatic heterocycles. The zero-order valence-corrected chi connectivity index (χ0v) is 12.7. The van der Waals surface area contributed by atoms with Crippen molar-refractivity contribution in [2.24, 2.45) is 0 Å². The summed E-state index contributed by atoms with van der Waals surface area (Å²) in [6, 6.07) is 11.6. The highest BCUT2D eigenvalue weighted by molar-refractivity contribution is 7.10. The van der Waals surface area contributed by atoms with Crippen LogP contribution in [0.25, 0.3) is 0 Å². The van der Waals surface area contributed by atoms with E-state index in [1.165, 1.54) is 10.4 Å². The third-order valence-electron chi connectivity index (χ3n) is 4.04. The first-order valence-corrected chi connectivity index (χ1v) is 7.92. The Hall–Kier alpha value is -2.12. The van der Waals surface area contributed by atoms with Crippen LogP contribution in [0.3, 0.4) is 0 Å². The molecule has 3 rings (SSSR count). The maximum absolute atomic E-state index is 12.5. The molecule has 21 heavy (non-hydrogen) atoms. The zero-order valence-electron chi connectivity index (χ0n) is 11.9. The molecule has 3 nitrogen and oxygen atoms in total. The number of carbonyl (C=O) groups is 1. The Labute approximate surface area is 128 Å². The molecule has 106 valence electrons.